The van der Waals surface area contributed by atoms with Crippen molar-refractivity contribution < 1.29 is 10.0 Å². The minimum Gasteiger partial charge on any atom is -0.860 e. The van der Waals surface area contributed by atoms with Crippen molar-refractivity contribution in [3.63, 3.8) is 0 Å². The van der Waals surface area contributed by atoms with Gasteiger partial charge in [0.1, 0.15) is 0 Å². The molecule has 0 saturated carbocycles. The van der Waals surface area contributed by atoms with Gasteiger partial charge in [-0.25, -0.2) is 4.79 Å². The maximum absolute atomic E-state index is 12.4. The Labute approximate surface area is 118 Å². The van der Waals surface area contributed by atoms with Gasteiger partial charge >= 0.3 is 5.69 Å². The topological polar surface area (TPSA) is 71.5 Å². The van der Waals surface area contributed by atoms with Gasteiger partial charge in [0.2, 0.25) is 0 Å². The number of nitrogens with zero attached hydrogens (tertiary/aromatic N) is 2. The van der Waals surface area contributed by atoms with Crippen molar-refractivity contribution in [2.45, 2.75) is 19.8 Å². The average molecular weight is 281 g/mol. The molecule has 0 aliphatic carbocycles. The first-order valence-corrected chi connectivity index (χ1v) is 7.03. The van der Waals surface area contributed by atoms with Crippen LogP contribution in [-0.4, -0.2) is 29.3 Å². The molecule has 1 aliphatic rings. The molecule has 2 heterocycles. The van der Waals surface area contributed by atoms with E-state index in [1.807, 2.05) is 0 Å². The third-order valence-electron chi connectivity index (χ3n) is 4.54. The second-order valence-corrected chi connectivity index (χ2v) is 6.30. The average Bonchev–Trinajstić information content (AvgIpc) is 2.76. The molecule has 1 fully saturated rings. The molecular weight excluding hydrogens is 258 g/mol. The molecule has 3 atom stereocenters. The fourth-order valence-electron chi connectivity index (χ4n) is 3.34. The highest BCUT2D eigenvalue weighted by molar-refractivity contribution is 5.27. The molecule has 0 amide bonds. The summed E-state index contributed by atoms with van der Waals surface area (Å²) < 4.78 is 2.09. The zero-order valence-corrected chi connectivity index (χ0v) is 12.8. The molecule has 6 heteroatoms. The van der Waals surface area contributed by atoms with Crippen molar-refractivity contribution in [1.82, 2.24) is 9.13 Å². The highest BCUT2D eigenvalue weighted by atomic mass is 16.3. The maximum atomic E-state index is 12.4. The Kier molecular flexibility index (Phi) is 3.77. The Morgan fingerprint density at radius 2 is 1.80 bits per heavy atom. The smallest absolute Gasteiger partial charge is 0.329 e. The Morgan fingerprint density at radius 1 is 1.20 bits per heavy atom. The van der Waals surface area contributed by atoms with Crippen LogP contribution in [0.25, 0.3) is 0 Å². The van der Waals surface area contributed by atoms with E-state index in [4.69, 9.17) is 0 Å². The number of quaternary nitrogens is 1. The summed E-state index contributed by atoms with van der Waals surface area (Å²) in [6.07, 6.45) is 0. The normalized spacial score (nSPS) is 26.4. The summed E-state index contributed by atoms with van der Waals surface area (Å²) in [4.78, 5) is 25.5. The highest BCUT2D eigenvalue weighted by Gasteiger charge is 2.39. The van der Waals surface area contributed by atoms with Crippen LogP contribution in [0.5, 0.6) is 5.88 Å². The summed E-state index contributed by atoms with van der Waals surface area (Å²) in [5.74, 6) is 0.211. The molecule has 0 radical (unpaired) electrons. The van der Waals surface area contributed by atoms with Gasteiger partial charge in [0.25, 0.3) is 5.56 Å². The lowest BCUT2D eigenvalue weighted by atomic mass is 9.82. The van der Waals surface area contributed by atoms with Crippen molar-refractivity contribution in [3.05, 3.63) is 26.4 Å². The minimum absolute atomic E-state index is 0.0620. The molecule has 1 saturated heterocycles. The van der Waals surface area contributed by atoms with E-state index >= 15 is 0 Å². The van der Waals surface area contributed by atoms with E-state index in [2.05, 4.69) is 20.9 Å². The van der Waals surface area contributed by atoms with E-state index < -0.39 is 17.1 Å². The van der Waals surface area contributed by atoms with Gasteiger partial charge in [0.15, 0.2) is 0 Å². The number of hydrogen-bond acceptors (Lipinski definition) is 3. The van der Waals surface area contributed by atoms with Crippen molar-refractivity contribution in [3.8, 4) is 5.88 Å². The van der Waals surface area contributed by atoms with Gasteiger partial charge in [-0.1, -0.05) is 13.8 Å². The number of aromatic nitrogens is 2. The van der Waals surface area contributed by atoms with Crippen molar-refractivity contribution in [2.24, 2.45) is 25.9 Å². The SMILES string of the molecule is CC(C)C1C[NH+](C)CC1c1c([O-])n(C)c(=O)n(C)c1=O. The molecule has 1 aromatic rings. The fourth-order valence-corrected chi connectivity index (χ4v) is 3.34. The van der Waals surface area contributed by atoms with Gasteiger partial charge in [-0.3, -0.25) is 9.36 Å². The number of hydrogen-bond donors (Lipinski definition) is 1. The van der Waals surface area contributed by atoms with E-state index in [1.165, 1.54) is 19.0 Å². The lowest BCUT2D eigenvalue weighted by Crippen LogP contribution is -3.07. The number of rotatable bonds is 2. The summed E-state index contributed by atoms with van der Waals surface area (Å²) in [5.41, 5.74) is -0.697. The Bertz CT molecular complexity index is 630. The van der Waals surface area contributed by atoms with Gasteiger partial charge < -0.3 is 14.6 Å². The molecule has 3 unspecified atom stereocenters. The molecule has 2 rings (SSSR count). The van der Waals surface area contributed by atoms with Crippen LogP contribution in [0.1, 0.15) is 25.3 Å². The first kappa shape index (κ1) is 14.8. The van der Waals surface area contributed by atoms with E-state index in [9.17, 15) is 14.7 Å². The third kappa shape index (κ3) is 2.18. The van der Waals surface area contributed by atoms with Gasteiger partial charge in [-0.15, -0.1) is 0 Å². The van der Waals surface area contributed by atoms with Crippen molar-refractivity contribution in [2.75, 3.05) is 20.1 Å². The van der Waals surface area contributed by atoms with E-state index in [0.29, 0.717) is 11.8 Å². The zero-order chi connectivity index (χ0) is 15.2. The fraction of sp³-hybridized carbons (Fsp3) is 0.714. The zero-order valence-electron chi connectivity index (χ0n) is 12.8. The molecule has 20 heavy (non-hydrogen) atoms. The summed E-state index contributed by atoms with van der Waals surface area (Å²) in [6.45, 7) is 5.96. The lowest BCUT2D eigenvalue weighted by Gasteiger charge is -2.25. The Balaban J connectivity index is 2.64. The van der Waals surface area contributed by atoms with Crippen LogP contribution in [0.15, 0.2) is 9.59 Å². The minimum atomic E-state index is -0.552. The van der Waals surface area contributed by atoms with Crippen LogP contribution in [0.2, 0.25) is 0 Å². The van der Waals surface area contributed by atoms with Crippen LogP contribution in [0, 0.1) is 11.8 Å². The molecule has 112 valence electrons. The molecule has 1 aromatic heterocycles. The molecule has 1 aliphatic heterocycles. The Morgan fingerprint density at radius 3 is 2.35 bits per heavy atom. The summed E-state index contributed by atoms with van der Waals surface area (Å²) in [6, 6.07) is 0. The summed E-state index contributed by atoms with van der Waals surface area (Å²) in [5, 5.41) is 12.4. The predicted molar refractivity (Wildman–Crippen MR) is 74.1 cm³/mol. The van der Waals surface area contributed by atoms with Crippen LogP contribution in [0.3, 0.4) is 0 Å². The van der Waals surface area contributed by atoms with Crippen LogP contribution in [0.4, 0.5) is 0 Å². The van der Waals surface area contributed by atoms with E-state index in [-0.39, 0.29) is 11.5 Å². The molecule has 1 N–H and O–H groups in total. The van der Waals surface area contributed by atoms with Gasteiger partial charge in [0, 0.05) is 31.5 Å². The second kappa shape index (κ2) is 5.09. The molecule has 0 bridgehead atoms. The van der Waals surface area contributed by atoms with Crippen molar-refractivity contribution in [1.29, 1.82) is 0 Å². The largest absolute Gasteiger partial charge is 0.860 e. The van der Waals surface area contributed by atoms with Gasteiger partial charge in [-0.05, 0) is 11.8 Å². The first-order chi connectivity index (χ1) is 9.25. The maximum Gasteiger partial charge on any atom is 0.329 e. The quantitative estimate of drug-likeness (QED) is 0.684. The second-order valence-electron chi connectivity index (χ2n) is 6.30. The van der Waals surface area contributed by atoms with Crippen molar-refractivity contribution >= 4 is 0 Å². The van der Waals surface area contributed by atoms with Crippen LogP contribution >= 0.6 is 0 Å². The monoisotopic (exact) mass is 281 g/mol. The Hall–Kier alpha value is -1.56. The third-order valence-corrected chi connectivity index (χ3v) is 4.54. The number of likely N-dealkylation sites (tertiary alicyclic amines) is 1. The predicted octanol–water partition coefficient (Wildman–Crippen LogP) is -1.96. The van der Waals surface area contributed by atoms with Gasteiger partial charge in [-0.2, -0.15) is 0 Å². The van der Waals surface area contributed by atoms with Crippen LogP contribution in [-0.2, 0) is 14.1 Å². The molecule has 6 nitrogen and oxygen atoms in total. The summed E-state index contributed by atoms with van der Waals surface area (Å²) in [7, 11) is 4.94. The lowest BCUT2D eigenvalue weighted by molar-refractivity contribution is -0.868. The molecule has 0 spiro atoms. The molecule has 0 aromatic carbocycles. The standard InChI is InChI=1S/C14H23N3O3/c1-8(2)9-6-15(3)7-10(9)11-12(18)16(4)14(20)17(5)13(11)19/h8-10,18H,6-7H2,1-5H3. The number of nitrogens with one attached hydrogen (secondary N) is 1. The summed E-state index contributed by atoms with van der Waals surface area (Å²) >= 11 is 0. The molecular formula is C14H23N3O3. The van der Waals surface area contributed by atoms with E-state index in [1.54, 1.807) is 0 Å². The van der Waals surface area contributed by atoms with E-state index in [0.717, 1.165) is 22.2 Å². The first-order valence-electron chi connectivity index (χ1n) is 7.03. The van der Waals surface area contributed by atoms with Crippen LogP contribution < -0.4 is 21.3 Å². The highest BCUT2D eigenvalue weighted by Crippen LogP contribution is 2.32. The van der Waals surface area contributed by atoms with Gasteiger partial charge in [0.05, 0.1) is 20.1 Å². The number of likely N-dealkylation sites (N-methyl/N-ethyl adjacent to an activating group) is 1.